The number of carbonyl (C=O) groups excluding carboxylic acids is 1. The van der Waals surface area contributed by atoms with Crippen LogP contribution in [0.4, 0.5) is 5.69 Å². The zero-order valence-electron chi connectivity index (χ0n) is 11.0. The fourth-order valence-corrected chi connectivity index (χ4v) is 2.63. The van der Waals surface area contributed by atoms with E-state index in [-0.39, 0.29) is 12.1 Å². The molecule has 0 saturated carbocycles. The zero-order valence-corrected chi connectivity index (χ0v) is 11.0. The van der Waals surface area contributed by atoms with E-state index in [4.69, 9.17) is 0 Å². The molecule has 0 aliphatic carbocycles. The molecule has 1 aliphatic rings. The van der Waals surface area contributed by atoms with Gasteiger partial charge in [0.05, 0.1) is 18.4 Å². The summed E-state index contributed by atoms with van der Waals surface area (Å²) in [6.07, 6.45) is 0.160. The summed E-state index contributed by atoms with van der Waals surface area (Å²) in [5.41, 5.74) is 3.42. The number of aryl methyl sites for hydroxylation is 2. The first kappa shape index (κ1) is 12.1. The highest BCUT2D eigenvalue weighted by Crippen LogP contribution is 2.30. The number of nitrogens with zero attached hydrogens (tertiary/aromatic N) is 2. The van der Waals surface area contributed by atoms with Crippen LogP contribution >= 0.6 is 0 Å². The predicted molar refractivity (Wildman–Crippen MR) is 70.1 cm³/mol. The Morgan fingerprint density at radius 2 is 1.88 bits per heavy atom. The molecule has 0 unspecified atom stereocenters. The van der Waals surface area contributed by atoms with Crippen molar-refractivity contribution in [1.29, 1.82) is 0 Å². The summed E-state index contributed by atoms with van der Waals surface area (Å²) in [6, 6.07) is 6.17. The molecule has 0 spiro atoms. The van der Waals surface area contributed by atoms with Gasteiger partial charge in [-0.1, -0.05) is 25.1 Å². The van der Waals surface area contributed by atoms with E-state index in [1.807, 2.05) is 11.0 Å². The van der Waals surface area contributed by atoms with Crippen LogP contribution in [0.1, 0.15) is 25.0 Å². The van der Waals surface area contributed by atoms with Crippen molar-refractivity contribution < 1.29 is 4.79 Å². The maximum absolute atomic E-state index is 12.1. The van der Waals surface area contributed by atoms with Crippen molar-refractivity contribution in [2.24, 2.45) is 0 Å². The summed E-state index contributed by atoms with van der Waals surface area (Å²) in [6.45, 7) is 9.77. The van der Waals surface area contributed by atoms with Gasteiger partial charge in [-0.3, -0.25) is 14.6 Å². The lowest BCUT2D eigenvalue weighted by molar-refractivity contribution is -0.116. The molecule has 0 bridgehead atoms. The Morgan fingerprint density at radius 3 is 2.35 bits per heavy atom. The van der Waals surface area contributed by atoms with Gasteiger partial charge in [-0.25, -0.2) is 0 Å². The number of para-hydroxylation sites is 1. The van der Waals surface area contributed by atoms with Gasteiger partial charge in [0.25, 0.3) is 0 Å². The fraction of sp³-hybridized carbons (Fsp3) is 0.500. The number of likely N-dealkylation sites (N-methyl/N-ethyl adjacent to an activating group) is 1. The molecule has 1 saturated heterocycles. The van der Waals surface area contributed by atoms with E-state index in [0.717, 1.165) is 12.2 Å². The predicted octanol–water partition coefficient (Wildman–Crippen LogP) is 2.32. The summed E-state index contributed by atoms with van der Waals surface area (Å²) in [7, 11) is 0. The number of carbonyl (C=O) groups is 1. The van der Waals surface area contributed by atoms with Crippen LogP contribution in [-0.4, -0.2) is 30.1 Å². The Labute approximate surface area is 103 Å². The van der Waals surface area contributed by atoms with Crippen molar-refractivity contribution in [2.45, 2.75) is 33.9 Å². The molecule has 0 aromatic heterocycles. The highest BCUT2D eigenvalue weighted by Gasteiger charge is 2.35. The van der Waals surface area contributed by atoms with E-state index in [1.54, 1.807) is 0 Å². The van der Waals surface area contributed by atoms with Crippen LogP contribution in [0.2, 0.25) is 0 Å². The Hall–Kier alpha value is -1.35. The topological polar surface area (TPSA) is 23.6 Å². The van der Waals surface area contributed by atoms with Gasteiger partial charge < -0.3 is 0 Å². The molecule has 1 amide bonds. The first-order valence-corrected chi connectivity index (χ1v) is 6.18. The second kappa shape index (κ2) is 4.49. The van der Waals surface area contributed by atoms with E-state index in [2.05, 4.69) is 44.7 Å². The molecule has 1 fully saturated rings. The number of hydrogen-bond donors (Lipinski definition) is 0. The summed E-state index contributed by atoms with van der Waals surface area (Å²) >= 11 is 0. The quantitative estimate of drug-likeness (QED) is 0.781. The van der Waals surface area contributed by atoms with Crippen molar-refractivity contribution in [3.8, 4) is 0 Å². The minimum atomic E-state index is 0.160. The molecule has 3 heteroatoms. The monoisotopic (exact) mass is 232 g/mol. The van der Waals surface area contributed by atoms with Gasteiger partial charge in [-0.2, -0.15) is 0 Å². The van der Waals surface area contributed by atoms with Crippen LogP contribution < -0.4 is 4.90 Å². The van der Waals surface area contributed by atoms with Gasteiger partial charge >= 0.3 is 0 Å². The van der Waals surface area contributed by atoms with Crippen LogP contribution in [0.15, 0.2) is 18.2 Å². The minimum Gasteiger partial charge on any atom is -0.295 e. The number of anilines is 1. The maximum atomic E-state index is 12.1. The lowest BCUT2D eigenvalue weighted by Gasteiger charge is -2.28. The van der Waals surface area contributed by atoms with Crippen LogP contribution in [0.5, 0.6) is 0 Å². The van der Waals surface area contributed by atoms with Gasteiger partial charge in [0.1, 0.15) is 0 Å². The van der Waals surface area contributed by atoms with Gasteiger partial charge in [0, 0.05) is 0 Å². The molecule has 0 radical (unpaired) electrons. The summed E-state index contributed by atoms with van der Waals surface area (Å²) in [5.74, 6) is 0.205. The zero-order chi connectivity index (χ0) is 12.6. The standard InChI is InChI=1S/C14H20N2O/c1-5-15-9-13(17)16(12(15)4)14-10(2)7-6-8-11(14)3/h6-8,12H,5,9H2,1-4H3/t12-/m1/s1. The van der Waals surface area contributed by atoms with E-state index >= 15 is 0 Å². The van der Waals surface area contributed by atoms with Crippen molar-refractivity contribution in [3.63, 3.8) is 0 Å². The van der Waals surface area contributed by atoms with Gasteiger partial charge in [-0.05, 0) is 38.4 Å². The van der Waals surface area contributed by atoms with Crippen molar-refractivity contribution in [1.82, 2.24) is 4.90 Å². The Morgan fingerprint density at radius 1 is 1.29 bits per heavy atom. The summed E-state index contributed by atoms with van der Waals surface area (Å²) in [4.78, 5) is 16.3. The lowest BCUT2D eigenvalue weighted by Crippen LogP contribution is -2.37. The average molecular weight is 232 g/mol. The summed E-state index contributed by atoms with van der Waals surface area (Å²) in [5, 5.41) is 0. The third-order valence-electron chi connectivity index (χ3n) is 3.60. The van der Waals surface area contributed by atoms with E-state index in [9.17, 15) is 4.79 Å². The largest absolute Gasteiger partial charge is 0.295 e. The first-order valence-electron chi connectivity index (χ1n) is 6.18. The molecule has 1 aliphatic heterocycles. The van der Waals surface area contributed by atoms with E-state index in [1.165, 1.54) is 11.1 Å². The Bertz CT molecular complexity index is 422. The molecule has 1 heterocycles. The molecule has 3 nitrogen and oxygen atoms in total. The molecule has 1 aromatic carbocycles. The normalized spacial score (nSPS) is 21.3. The van der Waals surface area contributed by atoms with E-state index < -0.39 is 0 Å². The highest BCUT2D eigenvalue weighted by atomic mass is 16.2. The molecular formula is C14H20N2O. The second-order valence-electron chi connectivity index (χ2n) is 4.70. The molecule has 2 rings (SSSR count). The van der Waals surface area contributed by atoms with Crippen LogP contribution in [0, 0.1) is 13.8 Å². The van der Waals surface area contributed by atoms with Gasteiger partial charge in [0.15, 0.2) is 0 Å². The highest BCUT2D eigenvalue weighted by molar-refractivity contribution is 5.98. The third-order valence-corrected chi connectivity index (χ3v) is 3.60. The van der Waals surface area contributed by atoms with Crippen molar-refractivity contribution >= 4 is 11.6 Å². The van der Waals surface area contributed by atoms with Crippen LogP contribution in [-0.2, 0) is 4.79 Å². The number of hydrogen-bond acceptors (Lipinski definition) is 2. The Kier molecular flexibility index (Phi) is 3.20. The number of amides is 1. The molecule has 0 N–H and O–H groups in total. The fourth-order valence-electron chi connectivity index (χ4n) is 2.63. The molecular weight excluding hydrogens is 212 g/mol. The second-order valence-corrected chi connectivity index (χ2v) is 4.70. The average Bonchev–Trinajstić information content (AvgIpc) is 2.56. The SMILES string of the molecule is CCN1CC(=O)N(c2c(C)cccc2C)[C@@H]1C. The van der Waals surface area contributed by atoms with Gasteiger partial charge in [0.2, 0.25) is 5.91 Å². The smallest absolute Gasteiger partial charge is 0.242 e. The van der Waals surface area contributed by atoms with Crippen LogP contribution in [0.3, 0.4) is 0 Å². The molecule has 1 atom stereocenters. The lowest BCUT2D eigenvalue weighted by atomic mass is 10.1. The summed E-state index contributed by atoms with van der Waals surface area (Å²) < 4.78 is 0. The third kappa shape index (κ3) is 1.95. The minimum absolute atomic E-state index is 0.160. The number of benzene rings is 1. The molecule has 17 heavy (non-hydrogen) atoms. The van der Waals surface area contributed by atoms with Crippen LogP contribution in [0.25, 0.3) is 0 Å². The number of rotatable bonds is 2. The Balaban J connectivity index is 2.43. The van der Waals surface area contributed by atoms with Crippen molar-refractivity contribution in [3.05, 3.63) is 29.3 Å². The first-order chi connectivity index (χ1) is 8.06. The van der Waals surface area contributed by atoms with Gasteiger partial charge in [-0.15, -0.1) is 0 Å². The van der Waals surface area contributed by atoms with Crippen molar-refractivity contribution in [2.75, 3.05) is 18.0 Å². The molecule has 1 aromatic rings. The van der Waals surface area contributed by atoms with E-state index in [0.29, 0.717) is 6.54 Å². The molecule has 92 valence electrons. The maximum Gasteiger partial charge on any atom is 0.242 e.